The highest BCUT2D eigenvalue weighted by molar-refractivity contribution is 5.72. The highest BCUT2D eigenvalue weighted by Crippen LogP contribution is 2.34. The smallest absolute Gasteiger partial charge is 0.148 e. The Kier molecular flexibility index (Phi) is 2.93. The van der Waals surface area contributed by atoms with Crippen molar-refractivity contribution in [2.45, 2.75) is 32.7 Å². The van der Waals surface area contributed by atoms with Gasteiger partial charge < -0.3 is 10.1 Å². The van der Waals surface area contributed by atoms with E-state index in [9.17, 15) is 0 Å². The molecule has 0 saturated heterocycles. The first-order valence-corrected chi connectivity index (χ1v) is 6.65. The SMILES string of the molecule is COc1c(C)cc(C)cc1-c1cc(NC2CC2)n[nH]1. The normalized spacial score (nSPS) is 14.5. The third-order valence-electron chi connectivity index (χ3n) is 3.42. The van der Waals surface area contributed by atoms with E-state index >= 15 is 0 Å². The summed E-state index contributed by atoms with van der Waals surface area (Å²) in [4.78, 5) is 0. The summed E-state index contributed by atoms with van der Waals surface area (Å²) in [6, 6.07) is 6.91. The summed E-state index contributed by atoms with van der Waals surface area (Å²) in [5.74, 6) is 1.82. The van der Waals surface area contributed by atoms with Gasteiger partial charge in [-0.3, -0.25) is 5.10 Å². The molecule has 0 bridgehead atoms. The van der Waals surface area contributed by atoms with E-state index in [1.807, 2.05) is 0 Å². The molecule has 1 aromatic heterocycles. The summed E-state index contributed by atoms with van der Waals surface area (Å²) in [5, 5.41) is 10.8. The van der Waals surface area contributed by atoms with E-state index in [0.717, 1.165) is 28.4 Å². The predicted molar refractivity (Wildman–Crippen MR) is 76.7 cm³/mol. The molecule has 2 N–H and O–H groups in total. The molecule has 1 heterocycles. The quantitative estimate of drug-likeness (QED) is 0.883. The lowest BCUT2D eigenvalue weighted by molar-refractivity contribution is 0.413. The van der Waals surface area contributed by atoms with Crippen LogP contribution in [0.25, 0.3) is 11.3 Å². The number of hydrogen-bond acceptors (Lipinski definition) is 3. The Bertz CT molecular complexity index is 599. The van der Waals surface area contributed by atoms with Crippen molar-refractivity contribution in [3.63, 3.8) is 0 Å². The number of ether oxygens (including phenoxy) is 1. The molecule has 1 saturated carbocycles. The maximum atomic E-state index is 5.52. The van der Waals surface area contributed by atoms with Gasteiger partial charge in [0, 0.05) is 17.7 Å². The van der Waals surface area contributed by atoms with Crippen LogP contribution in [0.5, 0.6) is 5.75 Å². The summed E-state index contributed by atoms with van der Waals surface area (Å²) in [5.41, 5.74) is 4.42. The lowest BCUT2D eigenvalue weighted by Gasteiger charge is -2.11. The number of hydrogen-bond donors (Lipinski definition) is 2. The lowest BCUT2D eigenvalue weighted by atomic mass is 10.0. The van der Waals surface area contributed by atoms with Gasteiger partial charge in [-0.05, 0) is 43.9 Å². The molecule has 1 aromatic carbocycles. The number of aromatic nitrogens is 2. The largest absolute Gasteiger partial charge is 0.496 e. The monoisotopic (exact) mass is 257 g/mol. The van der Waals surface area contributed by atoms with Crippen molar-refractivity contribution in [3.05, 3.63) is 29.3 Å². The molecular formula is C15H19N3O. The van der Waals surface area contributed by atoms with Gasteiger partial charge in [-0.25, -0.2) is 0 Å². The van der Waals surface area contributed by atoms with Gasteiger partial charge in [0.25, 0.3) is 0 Å². The number of aryl methyl sites for hydroxylation is 2. The highest BCUT2D eigenvalue weighted by Gasteiger charge is 2.22. The van der Waals surface area contributed by atoms with Gasteiger partial charge in [-0.2, -0.15) is 5.10 Å². The van der Waals surface area contributed by atoms with E-state index in [2.05, 4.69) is 47.6 Å². The summed E-state index contributed by atoms with van der Waals surface area (Å²) in [6.45, 7) is 4.16. The van der Waals surface area contributed by atoms with Crippen LogP contribution in [0, 0.1) is 13.8 Å². The zero-order valence-electron chi connectivity index (χ0n) is 11.6. The lowest BCUT2D eigenvalue weighted by Crippen LogP contribution is -2.00. The third kappa shape index (κ3) is 2.43. The van der Waals surface area contributed by atoms with Crippen LogP contribution in [0.1, 0.15) is 24.0 Å². The Balaban J connectivity index is 1.97. The van der Waals surface area contributed by atoms with Crippen LogP contribution in [-0.2, 0) is 0 Å². The number of nitrogens with one attached hydrogen (secondary N) is 2. The van der Waals surface area contributed by atoms with Crippen molar-refractivity contribution in [3.8, 4) is 17.0 Å². The van der Waals surface area contributed by atoms with Crippen molar-refractivity contribution in [1.29, 1.82) is 0 Å². The van der Waals surface area contributed by atoms with Crippen LogP contribution in [0.2, 0.25) is 0 Å². The van der Waals surface area contributed by atoms with Crippen LogP contribution in [0.4, 0.5) is 5.82 Å². The molecule has 4 heteroatoms. The molecule has 0 unspecified atom stereocenters. The van der Waals surface area contributed by atoms with Crippen molar-refractivity contribution in [1.82, 2.24) is 10.2 Å². The summed E-state index contributed by atoms with van der Waals surface area (Å²) in [6.07, 6.45) is 2.49. The maximum Gasteiger partial charge on any atom is 0.148 e. The molecule has 0 amide bonds. The molecule has 0 aliphatic heterocycles. The Labute approximate surface area is 113 Å². The molecule has 19 heavy (non-hydrogen) atoms. The van der Waals surface area contributed by atoms with E-state index in [1.54, 1.807) is 7.11 Å². The number of aromatic amines is 1. The van der Waals surface area contributed by atoms with Gasteiger partial charge >= 0.3 is 0 Å². The predicted octanol–water partition coefficient (Wildman–Crippen LogP) is 3.28. The van der Waals surface area contributed by atoms with Gasteiger partial charge in [0.1, 0.15) is 11.6 Å². The molecule has 1 aliphatic carbocycles. The molecule has 0 radical (unpaired) electrons. The van der Waals surface area contributed by atoms with E-state index in [0.29, 0.717) is 6.04 Å². The standard InChI is InChI=1S/C15H19N3O/c1-9-6-10(2)15(19-3)12(7-9)13-8-14(18-17-13)16-11-4-5-11/h6-8,11H,4-5H2,1-3H3,(H2,16,17,18). The Morgan fingerprint density at radius 1 is 1.26 bits per heavy atom. The maximum absolute atomic E-state index is 5.52. The zero-order valence-corrected chi connectivity index (χ0v) is 11.6. The van der Waals surface area contributed by atoms with Crippen molar-refractivity contribution < 1.29 is 4.74 Å². The number of methoxy groups -OCH3 is 1. The molecule has 4 nitrogen and oxygen atoms in total. The van der Waals surface area contributed by atoms with Gasteiger partial charge in [-0.15, -0.1) is 0 Å². The molecule has 1 aliphatic rings. The number of H-pyrrole nitrogens is 1. The number of nitrogens with zero attached hydrogens (tertiary/aromatic N) is 1. The molecule has 0 spiro atoms. The second kappa shape index (κ2) is 4.61. The van der Waals surface area contributed by atoms with Gasteiger partial charge in [0.05, 0.1) is 12.8 Å². The van der Waals surface area contributed by atoms with Crippen molar-refractivity contribution >= 4 is 5.82 Å². The third-order valence-corrected chi connectivity index (χ3v) is 3.42. The fourth-order valence-electron chi connectivity index (χ4n) is 2.40. The average molecular weight is 257 g/mol. The van der Waals surface area contributed by atoms with E-state index in [4.69, 9.17) is 4.74 Å². The number of benzene rings is 1. The topological polar surface area (TPSA) is 49.9 Å². The molecule has 0 atom stereocenters. The number of anilines is 1. The summed E-state index contributed by atoms with van der Waals surface area (Å²) >= 11 is 0. The number of rotatable bonds is 4. The Hall–Kier alpha value is -1.97. The summed E-state index contributed by atoms with van der Waals surface area (Å²) in [7, 11) is 1.71. The second-order valence-corrected chi connectivity index (χ2v) is 5.25. The fraction of sp³-hybridized carbons (Fsp3) is 0.400. The van der Waals surface area contributed by atoms with Gasteiger partial charge in [-0.1, -0.05) is 6.07 Å². The first-order chi connectivity index (χ1) is 9.17. The van der Waals surface area contributed by atoms with Crippen LogP contribution < -0.4 is 10.1 Å². The fourth-order valence-corrected chi connectivity index (χ4v) is 2.40. The molecule has 3 rings (SSSR count). The van der Waals surface area contributed by atoms with Crippen molar-refractivity contribution in [2.75, 3.05) is 12.4 Å². The van der Waals surface area contributed by atoms with E-state index in [-0.39, 0.29) is 0 Å². The highest BCUT2D eigenvalue weighted by atomic mass is 16.5. The van der Waals surface area contributed by atoms with Crippen LogP contribution in [0.3, 0.4) is 0 Å². The molecule has 2 aromatic rings. The van der Waals surface area contributed by atoms with Gasteiger partial charge in [0.15, 0.2) is 0 Å². The Morgan fingerprint density at radius 2 is 2.05 bits per heavy atom. The minimum atomic E-state index is 0.609. The second-order valence-electron chi connectivity index (χ2n) is 5.25. The average Bonchev–Trinajstić information content (AvgIpc) is 3.04. The van der Waals surface area contributed by atoms with Crippen LogP contribution in [-0.4, -0.2) is 23.3 Å². The molecule has 1 fully saturated rings. The molecule has 100 valence electrons. The zero-order chi connectivity index (χ0) is 13.4. The minimum Gasteiger partial charge on any atom is -0.496 e. The minimum absolute atomic E-state index is 0.609. The van der Waals surface area contributed by atoms with E-state index in [1.165, 1.54) is 18.4 Å². The summed E-state index contributed by atoms with van der Waals surface area (Å²) < 4.78 is 5.52. The van der Waals surface area contributed by atoms with Crippen molar-refractivity contribution in [2.24, 2.45) is 0 Å². The first kappa shape index (κ1) is 12.1. The van der Waals surface area contributed by atoms with E-state index < -0.39 is 0 Å². The Morgan fingerprint density at radius 3 is 2.74 bits per heavy atom. The van der Waals surface area contributed by atoms with Crippen LogP contribution >= 0.6 is 0 Å². The first-order valence-electron chi connectivity index (χ1n) is 6.65. The van der Waals surface area contributed by atoms with Gasteiger partial charge in [0.2, 0.25) is 0 Å². The molecular weight excluding hydrogens is 238 g/mol. The van der Waals surface area contributed by atoms with Crippen LogP contribution in [0.15, 0.2) is 18.2 Å².